The number of halogens is 1. The summed E-state index contributed by atoms with van der Waals surface area (Å²) < 4.78 is 18.1. The molecule has 0 spiro atoms. The second-order valence-electron chi connectivity index (χ2n) is 4.26. The first-order valence-electron chi connectivity index (χ1n) is 6.06. The summed E-state index contributed by atoms with van der Waals surface area (Å²) in [7, 11) is 1.28. The van der Waals surface area contributed by atoms with E-state index in [2.05, 4.69) is 10.1 Å². The van der Waals surface area contributed by atoms with Gasteiger partial charge in [-0.25, -0.2) is 9.18 Å². The number of nitrogen functional groups attached to an aromatic ring is 1. The van der Waals surface area contributed by atoms with Gasteiger partial charge in [-0.05, 0) is 42.5 Å². The van der Waals surface area contributed by atoms with E-state index in [1.54, 1.807) is 0 Å². The molecule has 0 fully saturated rings. The van der Waals surface area contributed by atoms with Crippen molar-refractivity contribution in [1.82, 2.24) is 0 Å². The predicted octanol–water partition coefficient (Wildman–Crippen LogP) is 2.45. The van der Waals surface area contributed by atoms with Crippen LogP contribution in [0.3, 0.4) is 0 Å². The van der Waals surface area contributed by atoms with Crippen molar-refractivity contribution in [2.24, 2.45) is 0 Å². The lowest BCUT2D eigenvalue weighted by atomic mass is 10.1. The molecule has 0 bridgehead atoms. The zero-order valence-corrected chi connectivity index (χ0v) is 11.2. The second-order valence-corrected chi connectivity index (χ2v) is 4.26. The van der Waals surface area contributed by atoms with E-state index in [0.29, 0.717) is 16.9 Å². The van der Waals surface area contributed by atoms with E-state index < -0.39 is 17.7 Å². The molecule has 0 heterocycles. The number of rotatable bonds is 3. The van der Waals surface area contributed by atoms with Crippen LogP contribution in [0.5, 0.6) is 0 Å². The maximum absolute atomic E-state index is 13.6. The first kappa shape index (κ1) is 14.5. The summed E-state index contributed by atoms with van der Waals surface area (Å²) in [5, 5.41) is 2.52. The molecule has 1 amide bonds. The average molecular weight is 288 g/mol. The van der Waals surface area contributed by atoms with Crippen LogP contribution >= 0.6 is 0 Å². The highest BCUT2D eigenvalue weighted by Crippen LogP contribution is 2.16. The fourth-order valence-electron chi connectivity index (χ4n) is 1.72. The number of ether oxygens (including phenoxy) is 1. The molecule has 0 unspecified atom stereocenters. The van der Waals surface area contributed by atoms with E-state index in [4.69, 9.17) is 5.73 Å². The van der Waals surface area contributed by atoms with Crippen LogP contribution in [0.15, 0.2) is 42.5 Å². The number of carbonyl (C=O) groups excluding carboxylic acids is 2. The van der Waals surface area contributed by atoms with E-state index in [9.17, 15) is 14.0 Å². The van der Waals surface area contributed by atoms with Gasteiger partial charge in [-0.3, -0.25) is 4.79 Å². The van der Waals surface area contributed by atoms with E-state index >= 15 is 0 Å². The Bertz CT molecular complexity index is 684. The van der Waals surface area contributed by atoms with Crippen LogP contribution in [0.1, 0.15) is 20.7 Å². The van der Waals surface area contributed by atoms with Crippen LogP contribution in [-0.4, -0.2) is 19.0 Å². The van der Waals surface area contributed by atoms with Crippen molar-refractivity contribution in [1.29, 1.82) is 0 Å². The maximum atomic E-state index is 13.6. The highest BCUT2D eigenvalue weighted by Gasteiger charge is 2.12. The molecule has 2 aromatic carbocycles. The minimum Gasteiger partial charge on any atom is -0.465 e. The molecule has 2 rings (SSSR count). The summed E-state index contributed by atoms with van der Waals surface area (Å²) in [6.45, 7) is 0. The molecule has 0 aliphatic carbocycles. The zero-order chi connectivity index (χ0) is 15.4. The van der Waals surface area contributed by atoms with Crippen molar-refractivity contribution in [2.75, 3.05) is 18.2 Å². The molecule has 6 heteroatoms. The first-order chi connectivity index (χ1) is 10.0. The van der Waals surface area contributed by atoms with Gasteiger partial charge in [-0.1, -0.05) is 0 Å². The molecule has 21 heavy (non-hydrogen) atoms. The molecule has 0 aliphatic rings. The molecule has 0 aromatic heterocycles. The van der Waals surface area contributed by atoms with Crippen molar-refractivity contribution < 1.29 is 18.7 Å². The third-order valence-corrected chi connectivity index (χ3v) is 2.80. The average Bonchev–Trinajstić information content (AvgIpc) is 2.49. The minimum absolute atomic E-state index is 0.146. The number of carbonyl (C=O) groups is 2. The number of esters is 1. The fraction of sp³-hybridized carbons (Fsp3) is 0.0667. The fourth-order valence-corrected chi connectivity index (χ4v) is 1.72. The van der Waals surface area contributed by atoms with Gasteiger partial charge >= 0.3 is 5.97 Å². The highest BCUT2D eigenvalue weighted by molar-refractivity contribution is 6.05. The van der Waals surface area contributed by atoms with Crippen LogP contribution in [0.25, 0.3) is 0 Å². The SMILES string of the molecule is COC(=O)c1ccc(NC(=O)c2cc(N)ccc2F)cc1. The van der Waals surface area contributed by atoms with Crippen molar-refractivity contribution >= 4 is 23.3 Å². The summed E-state index contributed by atoms with van der Waals surface area (Å²) in [5.41, 5.74) is 6.45. The van der Waals surface area contributed by atoms with Gasteiger partial charge in [0.25, 0.3) is 5.91 Å². The second kappa shape index (κ2) is 6.04. The molecule has 0 saturated carbocycles. The van der Waals surface area contributed by atoms with Gasteiger partial charge < -0.3 is 15.8 Å². The highest BCUT2D eigenvalue weighted by atomic mass is 19.1. The topological polar surface area (TPSA) is 81.4 Å². The Balaban J connectivity index is 2.16. The molecule has 0 radical (unpaired) electrons. The van der Waals surface area contributed by atoms with Gasteiger partial charge in [0.05, 0.1) is 18.2 Å². The Morgan fingerprint density at radius 1 is 1.14 bits per heavy atom. The van der Waals surface area contributed by atoms with Gasteiger partial charge in [0.1, 0.15) is 5.82 Å². The third-order valence-electron chi connectivity index (χ3n) is 2.80. The van der Waals surface area contributed by atoms with Crippen molar-refractivity contribution in [3.05, 3.63) is 59.4 Å². The van der Waals surface area contributed by atoms with Crippen LogP contribution in [0, 0.1) is 5.82 Å². The van der Waals surface area contributed by atoms with E-state index in [0.717, 1.165) is 6.07 Å². The van der Waals surface area contributed by atoms with Crippen LogP contribution in [0.4, 0.5) is 15.8 Å². The normalized spacial score (nSPS) is 10.0. The Labute approximate surface area is 120 Å². The van der Waals surface area contributed by atoms with Crippen molar-refractivity contribution in [3.63, 3.8) is 0 Å². The number of methoxy groups -OCH3 is 1. The molecule has 108 valence electrons. The lowest BCUT2D eigenvalue weighted by Crippen LogP contribution is -2.14. The standard InChI is InChI=1S/C15H13FN2O3/c1-21-15(20)9-2-5-11(6-3-9)18-14(19)12-8-10(17)4-7-13(12)16/h2-8H,17H2,1H3,(H,18,19). The molecular weight excluding hydrogens is 275 g/mol. The zero-order valence-electron chi connectivity index (χ0n) is 11.2. The monoisotopic (exact) mass is 288 g/mol. The summed E-state index contributed by atoms with van der Waals surface area (Å²) in [5.74, 6) is -1.76. The summed E-state index contributed by atoms with van der Waals surface area (Å²) >= 11 is 0. The van der Waals surface area contributed by atoms with Crippen LogP contribution in [-0.2, 0) is 4.74 Å². The first-order valence-corrected chi connectivity index (χ1v) is 6.06. The Morgan fingerprint density at radius 2 is 1.81 bits per heavy atom. The van der Waals surface area contributed by atoms with E-state index in [-0.39, 0.29) is 5.56 Å². The number of nitrogens with one attached hydrogen (secondary N) is 1. The van der Waals surface area contributed by atoms with Crippen LogP contribution in [0.2, 0.25) is 0 Å². The van der Waals surface area contributed by atoms with Gasteiger partial charge in [0, 0.05) is 11.4 Å². The Morgan fingerprint density at radius 3 is 2.43 bits per heavy atom. The molecular formula is C15H13FN2O3. The van der Waals surface area contributed by atoms with Gasteiger partial charge in [-0.2, -0.15) is 0 Å². The lowest BCUT2D eigenvalue weighted by Gasteiger charge is -2.07. The molecule has 0 saturated heterocycles. The van der Waals surface area contributed by atoms with E-state index in [1.807, 2.05) is 0 Å². The summed E-state index contributed by atoms with van der Waals surface area (Å²) in [4.78, 5) is 23.2. The van der Waals surface area contributed by atoms with Gasteiger partial charge in [0.15, 0.2) is 0 Å². The smallest absolute Gasteiger partial charge is 0.337 e. The molecule has 0 atom stereocenters. The van der Waals surface area contributed by atoms with Gasteiger partial charge in [0.2, 0.25) is 0 Å². The predicted molar refractivity (Wildman–Crippen MR) is 76.5 cm³/mol. The Hall–Kier alpha value is -2.89. The van der Waals surface area contributed by atoms with Crippen molar-refractivity contribution in [2.45, 2.75) is 0 Å². The third kappa shape index (κ3) is 3.36. The molecule has 3 N–H and O–H groups in total. The largest absolute Gasteiger partial charge is 0.465 e. The van der Waals surface area contributed by atoms with E-state index in [1.165, 1.54) is 43.5 Å². The number of anilines is 2. The number of hydrogen-bond acceptors (Lipinski definition) is 4. The quantitative estimate of drug-likeness (QED) is 0.671. The molecule has 2 aromatic rings. The van der Waals surface area contributed by atoms with Crippen LogP contribution < -0.4 is 11.1 Å². The Kier molecular flexibility index (Phi) is 4.18. The van der Waals surface area contributed by atoms with Gasteiger partial charge in [-0.15, -0.1) is 0 Å². The lowest BCUT2D eigenvalue weighted by molar-refractivity contribution is 0.0600. The number of nitrogens with two attached hydrogens (primary N) is 1. The molecule has 5 nitrogen and oxygen atoms in total. The maximum Gasteiger partial charge on any atom is 0.337 e. The number of hydrogen-bond donors (Lipinski definition) is 2. The number of benzene rings is 2. The minimum atomic E-state index is -0.659. The number of amides is 1. The summed E-state index contributed by atoms with van der Waals surface area (Å²) in [6.07, 6.45) is 0. The molecule has 0 aliphatic heterocycles. The summed E-state index contributed by atoms with van der Waals surface area (Å²) in [6, 6.07) is 9.80. The van der Waals surface area contributed by atoms with Crippen molar-refractivity contribution in [3.8, 4) is 0 Å².